The lowest BCUT2D eigenvalue weighted by Crippen LogP contribution is -2.27. The number of nitrogens with zero attached hydrogens (tertiary/aromatic N) is 2. The van der Waals surface area contributed by atoms with E-state index in [1.165, 1.54) is 0 Å². The smallest absolute Gasteiger partial charge is 0.226 e. The average Bonchev–Trinajstić information content (AvgIpc) is 2.97. The molecule has 1 aromatic carbocycles. The highest BCUT2D eigenvalue weighted by atomic mass is 16.3. The van der Waals surface area contributed by atoms with Crippen LogP contribution in [0.3, 0.4) is 0 Å². The number of aliphatic hydroxyl groups excluding tert-OH is 1. The standard InChI is InChI=1S/C18H19N3O2/c22-16(14-6-2-1-3-7-14)9-10-19-18(23)12-15-13-21-11-5-4-8-17(21)20-15/h1-8,11,13,16,22H,9-10,12H2,(H,19,23). The lowest BCUT2D eigenvalue weighted by atomic mass is 10.1. The number of hydrogen-bond acceptors (Lipinski definition) is 3. The van der Waals surface area contributed by atoms with Gasteiger partial charge in [0.2, 0.25) is 5.91 Å². The summed E-state index contributed by atoms with van der Waals surface area (Å²) in [5.74, 6) is -0.0892. The van der Waals surface area contributed by atoms with Crippen molar-refractivity contribution in [1.82, 2.24) is 14.7 Å². The third-order valence-electron chi connectivity index (χ3n) is 3.68. The summed E-state index contributed by atoms with van der Waals surface area (Å²) >= 11 is 0. The van der Waals surface area contributed by atoms with Crippen molar-refractivity contribution in [2.75, 3.05) is 6.54 Å². The molecule has 0 bridgehead atoms. The van der Waals surface area contributed by atoms with Crippen LogP contribution in [0.15, 0.2) is 60.9 Å². The third-order valence-corrected chi connectivity index (χ3v) is 3.68. The first kappa shape index (κ1) is 15.2. The largest absolute Gasteiger partial charge is 0.388 e. The Balaban J connectivity index is 1.48. The molecule has 118 valence electrons. The number of aromatic nitrogens is 2. The minimum atomic E-state index is -0.563. The van der Waals surface area contributed by atoms with Crippen molar-refractivity contribution >= 4 is 11.6 Å². The van der Waals surface area contributed by atoms with Crippen LogP contribution in [0.2, 0.25) is 0 Å². The molecule has 0 aliphatic carbocycles. The van der Waals surface area contributed by atoms with Crippen LogP contribution in [-0.2, 0) is 11.2 Å². The quantitative estimate of drug-likeness (QED) is 0.733. The number of carbonyl (C=O) groups excluding carboxylic acids is 1. The molecule has 0 spiro atoms. The summed E-state index contributed by atoms with van der Waals surface area (Å²) in [5.41, 5.74) is 2.43. The van der Waals surface area contributed by atoms with Gasteiger partial charge in [0.25, 0.3) is 0 Å². The predicted octanol–water partition coefficient (Wildman–Crippen LogP) is 2.12. The van der Waals surface area contributed by atoms with Crippen molar-refractivity contribution in [1.29, 1.82) is 0 Å². The van der Waals surface area contributed by atoms with Crippen LogP contribution in [0.1, 0.15) is 23.8 Å². The Kier molecular flexibility index (Phi) is 4.68. The van der Waals surface area contributed by atoms with Gasteiger partial charge < -0.3 is 14.8 Å². The van der Waals surface area contributed by atoms with Crippen LogP contribution < -0.4 is 5.32 Å². The van der Waals surface area contributed by atoms with Crippen LogP contribution in [0, 0.1) is 0 Å². The van der Waals surface area contributed by atoms with Crippen LogP contribution in [0.5, 0.6) is 0 Å². The summed E-state index contributed by atoms with van der Waals surface area (Å²) in [6.07, 6.45) is 3.92. The Morgan fingerprint density at radius 3 is 2.74 bits per heavy atom. The van der Waals surface area contributed by atoms with Crippen LogP contribution in [0.4, 0.5) is 0 Å². The highest BCUT2D eigenvalue weighted by molar-refractivity contribution is 5.78. The Morgan fingerprint density at radius 2 is 1.96 bits per heavy atom. The number of aliphatic hydroxyl groups is 1. The van der Waals surface area contributed by atoms with Gasteiger partial charge >= 0.3 is 0 Å². The molecule has 2 aromatic heterocycles. The highest BCUT2D eigenvalue weighted by Gasteiger charge is 2.10. The molecule has 0 fully saturated rings. The average molecular weight is 309 g/mol. The molecule has 3 aromatic rings. The number of benzene rings is 1. The Hall–Kier alpha value is -2.66. The van der Waals surface area contributed by atoms with Gasteiger partial charge in [-0.15, -0.1) is 0 Å². The van der Waals surface area contributed by atoms with E-state index in [1.54, 1.807) is 0 Å². The second kappa shape index (κ2) is 7.07. The lowest BCUT2D eigenvalue weighted by Gasteiger charge is -2.11. The molecule has 23 heavy (non-hydrogen) atoms. The van der Waals surface area contributed by atoms with E-state index in [2.05, 4.69) is 10.3 Å². The van der Waals surface area contributed by atoms with Gasteiger partial charge in [0.05, 0.1) is 18.2 Å². The van der Waals surface area contributed by atoms with Gasteiger partial charge in [-0.05, 0) is 24.1 Å². The van der Waals surface area contributed by atoms with Gasteiger partial charge in [-0.3, -0.25) is 4.79 Å². The molecule has 3 rings (SSSR count). The lowest BCUT2D eigenvalue weighted by molar-refractivity contribution is -0.120. The minimum Gasteiger partial charge on any atom is -0.388 e. The van der Waals surface area contributed by atoms with E-state index in [4.69, 9.17) is 0 Å². The van der Waals surface area contributed by atoms with E-state index in [0.717, 1.165) is 16.9 Å². The molecular formula is C18H19N3O2. The zero-order valence-electron chi connectivity index (χ0n) is 12.7. The highest BCUT2D eigenvalue weighted by Crippen LogP contribution is 2.14. The summed E-state index contributed by atoms with van der Waals surface area (Å²) in [4.78, 5) is 16.4. The number of pyridine rings is 1. The zero-order chi connectivity index (χ0) is 16.1. The number of imidazole rings is 1. The second-order valence-electron chi connectivity index (χ2n) is 5.44. The van der Waals surface area contributed by atoms with Crippen LogP contribution >= 0.6 is 0 Å². The van der Waals surface area contributed by atoms with Crippen molar-refractivity contribution in [2.24, 2.45) is 0 Å². The van der Waals surface area contributed by atoms with E-state index in [9.17, 15) is 9.90 Å². The summed E-state index contributed by atoms with van der Waals surface area (Å²) in [6.45, 7) is 0.433. The topological polar surface area (TPSA) is 66.6 Å². The minimum absolute atomic E-state index is 0.0892. The first-order chi connectivity index (χ1) is 11.2. The van der Waals surface area contributed by atoms with Gasteiger partial charge in [-0.25, -0.2) is 4.98 Å². The van der Waals surface area contributed by atoms with E-state index in [-0.39, 0.29) is 12.3 Å². The fourth-order valence-electron chi connectivity index (χ4n) is 2.49. The normalized spacial score (nSPS) is 12.2. The molecule has 1 atom stereocenters. The van der Waals surface area contributed by atoms with Crippen molar-refractivity contribution in [3.63, 3.8) is 0 Å². The number of carbonyl (C=O) groups is 1. The molecule has 0 saturated carbocycles. The van der Waals surface area contributed by atoms with Gasteiger partial charge in [-0.2, -0.15) is 0 Å². The molecule has 5 heteroatoms. The number of fused-ring (bicyclic) bond motifs is 1. The molecule has 0 aliphatic rings. The number of rotatable bonds is 6. The van der Waals surface area contributed by atoms with Crippen LogP contribution in [-0.4, -0.2) is 26.9 Å². The molecule has 1 unspecified atom stereocenters. The Labute approximate surface area is 134 Å². The fraction of sp³-hybridized carbons (Fsp3) is 0.222. The summed E-state index contributed by atoms with van der Waals surface area (Å²) in [5, 5.41) is 12.9. The van der Waals surface area contributed by atoms with Crippen molar-refractivity contribution < 1.29 is 9.90 Å². The summed E-state index contributed by atoms with van der Waals surface area (Å²) in [7, 11) is 0. The maximum absolute atomic E-state index is 12.0. The van der Waals surface area contributed by atoms with Gasteiger partial charge in [0.15, 0.2) is 0 Å². The van der Waals surface area contributed by atoms with Crippen molar-refractivity contribution in [3.8, 4) is 0 Å². The molecule has 0 radical (unpaired) electrons. The van der Waals surface area contributed by atoms with Gasteiger partial charge in [0, 0.05) is 18.9 Å². The fourth-order valence-corrected chi connectivity index (χ4v) is 2.49. The Morgan fingerprint density at radius 1 is 1.17 bits per heavy atom. The Bertz CT molecular complexity index is 750. The number of hydrogen-bond donors (Lipinski definition) is 2. The first-order valence-electron chi connectivity index (χ1n) is 7.65. The van der Waals surface area contributed by atoms with Gasteiger partial charge in [0.1, 0.15) is 5.65 Å². The van der Waals surface area contributed by atoms with E-state index < -0.39 is 6.10 Å². The maximum atomic E-state index is 12.0. The second-order valence-corrected chi connectivity index (χ2v) is 5.44. The van der Waals surface area contributed by atoms with Crippen molar-refractivity contribution in [2.45, 2.75) is 18.9 Å². The van der Waals surface area contributed by atoms with E-state index >= 15 is 0 Å². The molecule has 2 heterocycles. The summed E-state index contributed by atoms with van der Waals surface area (Å²) in [6, 6.07) is 15.2. The molecule has 0 aliphatic heterocycles. The molecule has 1 amide bonds. The van der Waals surface area contributed by atoms with Crippen molar-refractivity contribution in [3.05, 3.63) is 72.2 Å². The number of nitrogens with one attached hydrogen (secondary N) is 1. The molecule has 0 saturated heterocycles. The SMILES string of the molecule is O=C(Cc1cn2ccccc2n1)NCCC(O)c1ccccc1. The first-order valence-corrected chi connectivity index (χ1v) is 7.65. The van der Waals surface area contributed by atoms with Crippen LogP contribution in [0.25, 0.3) is 5.65 Å². The van der Waals surface area contributed by atoms with Gasteiger partial charge in [-0.1, -0.05) is 36.4 Å². The monoisotopic (exact) mass is 309 g/mol. The third kappa shape index (κ3) is 3.96. The van der Waals surface area contributed by atoms with E-state index in [1.807, 2.05) is 65.3 Å². The summed E-state index contributed by atoms with van der Waals surface area (Å²) < 4.78 is 1.89. The van der Waals surface area contributed by atoms with E-state index in [0.29, 0.717) is 13.0 Å². The maximum Gasteiger partial charge on any atom is 0.226 e. The zero-order valence-corrected chi connectivity index (χ0v) is 12.7. The molecule has 2 N–H and O–H groups in total. The molecule has 5 nitrogen and oxygen atoms in total. The predicted molar refractivity (Wildman–Crippen MR) is 87.9 cm³/mol. The molecular weight excluding hydrogens is 290 g/mol. The number of amides is 1.